The molecule has 1 aromatic rings. The Hall–Kier alpha value is -1.06. The number of anilines is 1. The van der Waals surface area contributed by atoms with Crippen molar-refractivity contribution in [2.75, 3.05) is 24.5 Å². The number of β-amino-alcohol motifs (C(OH)–C–C–N with tert-alkyl or cyclic N) is 1. The molecule has 0 amide bonds. The molecule has 0 aliphatic carbocycles. The molecule has 1 aliphatic rings. The number of nitrogens with zero attached hydrogens (tertiary/aromatic N) is 1. The Morgan fingerprint density at radius 1 is 1.38 bits per heavy atom. The summed E-state index contributed by atoms with van der Waals surface area (Å²) < 4.78 is 0. The molecule has 3 nitrogen and oxygen atoms in total. The van der Waals surface area contributed by atoms with Crippen LogP contribution in [-0.2, 0) is 0 Å². The van der Waals surface area contributed by atoms with Crippen molar-refractivity contribution >= 4 is 5.69 Å². The summed E-state index contributed by atoms with van der Waals surface area (Å²) in [7, 11) is 0. The number of hydrogen-bond acceptors (Lipinski definition) is 3. The van der Waals surface area contributed by atoms with Gasteiger partial charge in [-0.05, 0) is 26.0 Å². The third-order valence-electron chi connectivity index (χ3n) is 2.98. The summed E-state index contributed by atoms with van der Waals surface area (Å²) in [6.45, 7) is 6.29. The fraction of sp³-hybridized carbons (Fsp3) is 0.538. The molecular formula is C13H20N2O. The SMILES string of the molecule is CC1CN(c2ccccc2)CC(C)(O)CN1. The number of hydrogen-bond donors (Lipinski definition) is 2. The highest BCUT2D eigenvalue weighted by molar-refractivity contribution is 5.46. The Balaban J connectivity index is 2.19. The predicted molar refractivity (Wildman–Crippen MR) is 66.7 cm³/mol. The van der Waals surface area contributed by atoms with E-state index in [0.717, 1.165) is 6.54 Å². The second-order valence-electron chi connectivity index (χ2n) is 4.99. The van der Waals surface area contributed by atoms with Crippen molar-refractivity contribution in [1.29, 1.82) is 0 Å². The van der Waals surface area contributed by atoms with Gasteiger partial charge in [0.1, 0.15) is 0 Å². The second kappa shape index (κ2) is 4.44. The molecule has 2 rings (SSSR count). The molecule has 1 heterocycles. The molecule has 0 spiro atoms. The molecule has 0 aromatic heterocycles. The third kappa shape index (κ3) is 2.74. The molecular weight excluding hydrogens is 200 g/mol. The van der Waals surface area contributed by atoms with E-state index < -0.39 is 5.60 Å². The van der Waals surface area contributed by atoms with Crippen molar-refractivity contribution in [3.63, 3.8) is 0 Å². The van der Waals surface area contributed by atoms with Gasteiger partial charge in [-0.1, -0.05) is 18.2 Å². The Kier molecular flexibility index (Phi) is 3.17. The van der Waals surface area contributed by atoms with Crippen LogP contribution in [0.25, 0.3) is 0 Å². The standard InChI is InChI=1S/C13H20N2O/c1-11-8-15(10-13(2,16)9-14-11)12-6-4-3-5-7-12/h3-7,11,14,16H,8-10H2,1-2H3. The number of rotatable bonds is 1. The van der Waals surface area contributed by atoms with Crippen LogP contribution in [-0.4, -0.2) is 36.4 Å². The quantitative estimate of drug-likeness (QED) is 0.747. The number of benzene rings is 1. The van der Waals surface area contributed by atoms with Crippen molar-refractivity contribution in [3.05, 3.63) is 30.3 Å². The van der Waals surface area contributed by atoms with Crippen LogP contribution in [0.3, 0.4) is 0 Å². The molecule has 1 aliphatic heterocycles. The lowest BCUT2D eigenvalue weighted by molar-refractivity contribution is 0.0718. The van der Waals surface area contributed by atoms with Gasteiger partial charge in [0, 0.05) is 31.4 Å². The van der Waals surface area contributed by atoms with E-state index in [2.05, 4.69) is 29.3 Å². The highest BCUT2D eigenvalue weighted by Gasteiger charge is 2.28. The maximum atomic E-state index is 10.2. The molecule has 2 N–H and O–H groups in total. The van der Waals surface area contributed by atoms with Gasteiger partial charge in [0.2, 0.25) is 0 Å². The van der Waals surface area contributed by atoms with Crippen molar-refractivity contribution in [2.45, 2.75) is 25.5 Å². The van der Waals surface area contributed by atoms with Crippen LogP contribution < -0.4 is 10.2 Å². The van der Waals surface area contributed by atoms with Gasteiger partial charge < -0.3 is 15.3 Å². The molecule has 88 valence electrons. The highest BCUT2D eigenvalue weighted by atomic mass is 16.3. The molecule has 0 saturated carbocycles. The fourth-order valence-corrected chi connectivity index (χ4v) is 2.16. The molecule has 1 fully saturated rings. The molecule has 3 heteroatoms. The Morgan fingerprint density at radius 2 is 2.06 bits per heavy atom. The van der Waals surface area contributed by atoms with Crippen LogP contribution in [0.4, 0.5) is 5.69 Å². The van der Waals surface area contributed by atoms with E-state index in [1.165, 1.54) is 5.69 Å². The predicted octanol–water partition coefficient (Wildman–Crippen LogP) is 1.24. The number of para-hydroxylation sites is 1. The first kappa shape index (κ1) is 11.4. The fourth-order valence-electron chi connectivity index (χ4n) is 2.16. The van der Waals surface area contributed by atoms with Gasteiger partial charge in [0.05, 0.1) is 5.60 Å². The maximum absolute atomic E-state index is 10.2. The van der Waals surface area contributed by atoms with Crippen molar-refractivity contribution < 1.29 is 5.11 Å². The first-order valence-corrected chi connectivity index (χ1v) is 5.83. The van der Waals surface area contributed by atoms with Gasteiger partial charge >= 0.3 is 0 Å². The Bertz CT molecular complexity index is 337. The van der Waals surface area contributed by atoms with E-state index in [0.29, 0.717) is 19.1 Å². The Morgan fingerprint density at radius 3 is 2.75 bits per heavy atom. The molecule has 1 saturated heterocycles. The minimum absolute atomic E-state index is 0.397. The number of nitrogens with one attached hydrogen (secondary N) is 1. The lowest BCUT2D eigenvalue weighted by atomic mass is 10.1. The smallest absolute Gasteiger partial charge is 0.0917 e. The van der Waals surface area contributed by atoms with Gasteiger partial charge in [0.15, 0.2) is 0 Å². The minimum Gasteiger partial charge on any atom is -0.387 e. The van der Waals surface area contributed by atoms with E-state index >= 15 is 0 Å². The van der Waals surface area contributed by atoms with Gasteiger partial charge in [-0.25, -0.2) is 0 Å². The van der Waals surface area contributed by atoms with Crippen LogP contribution in [0.1, 0.15) is 13.8 Å². The molecule has 0 radical (unpaired) electrons. The van der Waals surface area contributed by atoms with Gasteiger partial charge in [0.25, 0.3) is 0 Å². The number of aliphatic hydroxyl groups is 1. The van der Waals surface area contributed by atoms with Crippen LogP contribution in [0.5, 0.6) is 0 Å². The zero-order valence-electron chi connectivity index (χ0n) is 9.98. The zero-order chi connectivity index (χ0) is 11.6. The Labute approximate surface area is 97.1 Å². The highest BCUT2D eigenvalue weighted by Crippen LogP contribution is 2.19. The van der Waals surface area contributed by atoms with Crippen LogP contribution >= 0.6 is 0 Å². The summed E-state index contributed by atoms with van der Waals surface area (Å²) in [4.78, 5) is 2.24. The summed E-state index contributed by atoms with van der Waals surface area (Å²) in [6, 6.07) is 10.7. The maximum Gasteiger partial charge on any atom is 0.0917 e. The van der Waals surface area contributed by atoms with Gasteiger partial charge in [-0.3, -0.25) is 0 Å². The zero-order valence-corrected chi connectivity index (χ0v) is 9.98. The molecule has 2 atom stereocenters. The summed E-state index contributed by atoms with van der Waals surface area (Å²) in [6.07, 6.45) is 0. The van der Waals surface area contributed by atoms with E-state index in [1.807, 2.05) is 25.1 Å². The summed E-state index contributed by atoms with van der Waals surface area (Å²) >= 11 is 0. The molecule has 16 heavy (non-hydrogen) atoms. The van der Waals surface area contributed by atoms with Gasteiger partial charge in [-0.15, -0.1) is 0 Å². The summed E-state index contributed by atoms with van der Waals surface area (Å²) in [5.41, 5.74) is 0.513. The first-order chi connectivity index (χ1) is 7.57. The van der Waals surface area contributed by atoms with E-state index in [9.17, 15) is 5.11 Å². The summed E-state index contributed by atoms with van der Waals surface area (Å²) in [5.74, 6) is 0. The second-order valence-corrected chi connectivity index (χ2v) is 4.99. The van der Waals surface area contributed by atoms with Crippen molar-refractivity contribution in [3.8, 4) is 0 Å². The van der Waals surface area contributed by atoms with Crippen LogP contribution in [0.15, 0.2) is 30.3 Å². The van der Waals surface area contributed by atoms with Crippen molar-refractivity contribution in [2.24, 2.45) is 0 Å². The minimum atomic E-state index is -0.666. The third-order valence-corrected chi connectivity index (χ3v) is 2.98. The normalized spacial score (nSPS) is 31.2. The van der Waals surface area contributed by atoms with Crippen LogP contribution in [0.2, 0.25) is 0 Å². The van der Waals surface area contributed by atoms with Crippen molar-refractivity contribution in [1.82, 2.24) is 5.32 Å². The molecule has 1 aromatic carbocycles. The monoisotopic (exact) mass is 220 g/mol. The van der Waals surface area contributed by atoms with Gasteiger partial charge in [-0.2, -0.15) is 0 Å². The summed E-state index contributed by atoms with van der Waals surface area (Å²) in [5, 5.41) is 13.5. The van der Waals surface area contributed by atoms with E-state index in [1.54, 1.807) is 0 Å². The van der Waals surface area contributed by atoms with Crippen LogP contribution in [0, 0.1) is 0 Å². The average molecular weight is 220 g/mol. The van der Waals surface area contributed by atoms with E-state index in [-0.39, 0.29) is 0 Å². The average Bonchev–Trinajstić information content (AvgIpc) is 2.39. The lowest BCUT2D eigenvalue weighted by Gasteiger charge is -2.29. The topological polar surface area (TPSA) is 35.5 Å². The molecule has 2 unspecified atom stereocenters. The first-order valence-electron chi connectivity index (χ1n) is 5.83. The van der Waals surface area contributed by atoms with E-state index in [4.69, 9.17) is 0 Å². The lowest BCUT2D eigenvalue weighted by Crippen LogP contribution is -2.43. The largest absolute Gasteiger partial charge is 0.387 e. The molecule has 0 bridgehead atoms.